The molecule has 26 heteroatoms. The van der Waals surface area contributed by atoms with Gasteiger partial charge in [0.05, 0.1) is 44.3 Å². The summed E-state index contributed by atoms with van der Waals surface area (Å²) >= 11 is 0.851. The Morgan fingerprint density at radius 1 is 0.920 bits per heavy atom. The van der Waals surface area contributed by atoms with E-state index < -0.39 is 106 Å². The first kappa shape index (κ1) is 40.8. The lowest BCUT2D eigenvalue weighted by molar-refractivity contribution is -0.270. The summed E-state index contributed by atoms with van der Waals surface area (Å²) in [5.74, 6) is -1.33. The molecule has 3 fully saturated rings. The first-order valence-corrected chi connectivity index (χ1v) is 18.7. The van der Waals surface area contributed by atoms with E-state index in [1.807, 2.05) is 4.98 Å². The van der Waals surface area contributed by atoms with Crippen molar-refractivity contribution in [2.75, 3.05) is 45.8 Å². The van der Waals surface area contributed by atoms with Crippen LogP contribution in [0.4, 0.5) is 0 Å². The van der Waals surface area contributed by atoms with Gasteiger partial charge in [-0.25, -0.2) is 13.9 Å². The molecule has 3 aliphatic heterocycles. The van der Waals surface area contributed by atoms with Gasteiger partial charge >= 0.3 is 21.3 Å². The smallest absolute Gasteiger partial charge is 0.388 e. The Morgan fingerprint density at radius 2 is 1.62 bits per heavy atom. The van der Waals surface area contributed by atoms with Gasteiger partial charge in [0.15, 0.2) is 12.5 Å². The van der Waals surface area contributed by atoms with Crippen LogP contribution in [0.25, 0.3) is 0 Å². The van der Waals surface area contributed by atoms with Gasteiger partial charge < -0.3 is 54.3 Å². The molecule has 2 amide bonds. The topological polar surface area (TPSA) is 333 Å². The molecule has 0 radical (unpaired) electrons. The Bertz CT molecular complexity index is 1560. The number of hydrogen-bond acceptors (Lipinski definition) is 19. The predicted molar refractivity (Wildman–Crippen MR) is 162 cm³/mol. The number of nitrogens with one attached hydrogen (secondary N) is 1. The number of thioether (sulfide) groups is 1. The zero-order valence-corrected chi connectivity index (χ0v) is 28.6. The zero-order chi connectivity index (χ0) is 37.0. The summed E-state index contributed by atoms with van der Waals surface area (Å²) in [6.07, 6.45) is -15.8. The second kappa shape index (κ2) is 17.3. The van der Waals surface area contributed by atoms with Crippen LogP contribution in [0.3, 0.4) is 0 Å². The van der Waals surface area contributed by atoms with Crippen LogP contribution < -0.4 is 11.2 Å². The maximum atomic E-state index is 12.7. The Kier molecular flexibility index (Phi) is 14.1. The number of aromatic amines is 1. The lowest BCUT2D eigenvalue weighted by atomic mass is 10.0. The van der Waals surface area contributed by atoms with E-state index in [1.165, 1.54) is 7.11 Å². The van der Waals surface area contributed by atoms with Gasteiger partial charge in [0.2, 0.25) is 11.8 Å². The number of phosphoric ester groups is 2. The molecule has 1 aromatic heterocycles. The van der Waals surface area contributed by atoms with Gasteiger partial charge in [-0.05, 0) is 0 Å². The number of amides is 2. The molecule has 0 spiro atoms. The van der Waals surface area contributed by atoms with Gasteiger partial charge in [-0.15, -0.1) is 11.8 Å². The Morgan fingerprint density at radius 3 is 2.30 bits per heavy atom. The van der Waals surface area contributed by atoms with Crippen molar-refractivity contribution in [1.82, 2.24) is 14.5 Å². The number of hydrogen-bond donors (Lipinski definition) is 8. The molecule has 12 atom stereocenters. The van der Waals surface area contributed by atoms with Crippen LogP contribution in [0.1, 0.15) is 12.6 Å². The van der Waals surface area contributed by atoms with Crippen molar-refractivity contribution < 1.29 is 86.3 Å². The van der Waals surface area contributed by atoms with Crippen LogP contribution in [0.2, 0.25) is 0 Å². The fraction of sp³-hybridized carbons (Fsp3) is 0.750. The first-order chi connectivity index (χ1) is 23.4. The molecule has 0 saturated carbocycles. The van der Waals surface area contributed by atoms with Crippen molar-refractivity contribution in [2.45, 2.75) is 66.9 Å². The standard InChI is InChI=1S/C24H37N3O20P2S/c1-41-6-7-42-5-4-26-15(29)8-13(21(26)35)50-10-12-17(31)18(32)20(34)23(45-12)46-49(39,40)47-48(37,38)43-9-11-16(30)19(33)22(44-11)27-3-2-14(28)25-24(27)36/h2-3,11-13,16-20,22-23,30-34H,4-10H2,1H3,(H,37,38)(H,39,40)(H,25,28,36)/t11-,12?,13?,16+,17+,18+,19?,20?,22-,23+/m1/s1. The largest absolute Gasteiger partial charge is 0.483 e. The molecule has 4 rings (SSSR count). The molecule has 1 aromatic rings. The van der Waals surface area contributed by atoms with Crippen LogP contribution in [-0.4, -0.2) is 162 Å². The Labute approximate surface area is 285 Å². The molecule has 50 heavy (non-hydrogen) atoms. The molecular formula is C24H37N3O20P2S. The van der Waals surface area contributed by atoms with Crippen LogP contribution >= 0.6 is 27.4 Å². The number of rotatable bonds is 17. The van der Waals surface area contributed by atoms with E-state index in [9.17, 15) is 63.6 Å². The highest BCUT2D eigenvalue weighted by Crippen LogP contribution is 2.61. The van der Waals surface area contributed by atoms with Crippen LogP contribution in [-0.2, 0) is 51.0 Å². The number of aliphatic hydroxyl groups is 5. The van der Waals surface area contributed by atoms with Gasteiger partial charge in [0.1, 0.15) is 36.6 Å². The van der Waals surface area contributed by atoms with Crippen molar-refractivity contribution >= 4 is 39.2 Å². The number of nitrogens with zero attached hydrogens (tertiary/aromatic N) is 2. The molecule has 3 aliphatic rings. The van der Waals surface area contributed by atoms with E-state index in [2.05, 4.69) is 13.4 Å². The minimum Gasteiger partial charge on any atom is -0.388 e. The van der Waals surface area contributed by atoms with Gasteiger partial charge in [-0.3, -0.25) is 37.9 Å². The predicted octanol–water partition coefficient (Wildman–Crippen LogP) is -4.26. The number of imide groups is 1. The lowest BCUT2D eigenvalue weighted by Crippen LogP contribution is -2.58. The quantitative estimate of drug-likeness (QED) is 0.0421. The van der Waals surface area contributed by atoms with Gasteiger partial charge in [0, 0.05) is 31.5 Å². The number of ether oxygens (including phenoxy) is 4. The molecule has 0 aromatic carbocycles. The van der Waals surface area contributed by atoms with Crippen molar-refractivity contribution in [3.05, 3.63) is 33.1 Å². The van der Waals surface area contributed by atoms with E-state index >= 15 is 0 Å². The fourth-order valence-electron chi connectivity index (χ4n) is 4.97. The molecule has 4 heterocycles. The normalized spacial score (nSPS) is 34.2. The molecule has 284 valence electrons. The third-order valence-electron chi connectivity index (χ3n) is 7.53. The zero-order valence-electron chi connectivity index (χ0n) is 26.0. The van der Waals surface area contributed by atoms with Gasteiger partial charge in [-0.1, -0.05) is 0 Å². The molecule has 0 bridgehead atoms. The maximum absolute atomic E-state index is 12.7. The third-order valence-corrected chi connectivity index (χ3v) is 11.4. The highest BCUT2D eigenvalue weighted by Gasteiger charge is 2.50. The van der Waals surface area contributed by atoms with E-state index in [0.29, 0.717) is 6.61 Å². The summed E-state index contributed by atoms with van der Waals surface area (Å²) in [6, 6.07) is 0.923. The van der Waals surface area contributed by atoms with Crippen molar-refractivity contribution in [1.29, 1.82) is 0 Å². The second-order valence-corrected chi connectivity index (χ2v) is 15.2. The number of H-pyrrole nitrogens is 1. The van der Waals surface area contributed by atoms with E-state index in [4.69, 9.17) is 18.9 Å². The number of aromatic nitrogens is 2. The van der Waals surface area contributed by atoms with Crippen LogP contribution in [0, 0.1) is 0 Å². The number of aliphatic hydroxyl groups excluding tert-OH is 5. The summed E-state index contributed by atoms with van der Waals surface area (Å²) in [7, 11) is -9.81. The third kappa shape index (κ3) is 10.1. The number of carbonyl (C=O) groups excluding carboxylic acids is 2. The minimum atomic E-state index is -5.72. The summed E-state index contributed by atoms with van der Waals surface area (Å²) in [4.78, 5) is 71.6. The SMILES string of the molecule is COCCOCCN1C(=O)CC(SCC2O[C@@H](OP(=O)(O)OP(=O)(O)OC[C@H]3O[C@@H](n4ccc(=O)[nH]c4=O)C(O)[C@H]3O)C(O)[C@@H](O)[C@H]2O)C1=O. The number of carbonyl (C=O) groups is 2. The van der Waals surface area contributed by atoms with Crippen molar-refractivity contribution in [3.8, 4) is 0 Å². The number of likely N-dealkylation sites (tertiary alicyclic amines) is 1. The Balaban J connectivity index is 1.30. The summed E-state index contributed by atoms with van der Waals surface area (Å²) < 4.78 is 60.1. The van der Waals surface area contributed by atoms with E-state index in [-0.39, 0.29) is 31.9 Å². The highest BCUT2D eigenvalue weighted by molar-refractivity contribution is 8.00. The maximum Gasteiger partial charge on any atom is 0.483 e. The van der Waals surface area contributed by atoms with Gasteiger partial charge in [-0.2, -0.15) is 4.31 Å². The lowest BCUT2D eigenvalue weighted by Gasteiger charge is -2.40. The average Bonchev–Trinajstić information content (AvgIpc) is 3.47. The van der Waals surface area contributed by atoms with Gasteiger partial charge in [0.25, 0.3) is 5.56 Å². The molecular weight excluding hydrogens is 744 g/mol. The number of phosphoric acid groups is 2. The van der Waals surface area contributed by atoms with Crippen molar-refractivity contribution in [3.63, 3.8) is 0 Å². The Hall–Kier alpha value is -1.93. The minimum absolute atomic E-state index is 0.0130. The second-order valence-electron chi connectivity index (χ2n) is 11.0. The molecule has 6 unspecified atom stereocenters. The van der Waals surface area contributed by atoms with Crippen LogP contribution in [0.15, 0.2) is 21.9 Å². The number of methoxy groups -OCH3 is 1. The molecule has 23 nitrogen and oxygen atoms in total. The summed E-state index contributed by atoms with van der Waals surface area (Å²) in [5.41, 5.74) is -1.78. The molecule has 0 aliphatic carbocycles. The van der Waals surface area contributed by atoms with Crippen molar-refractivity contribution in [2.24, 2.45) is 0 Å². The summed E-state index contributed by atoms with van der Waals surface area (Å²) in [5, 5.41) is 50.7. The monoisotopic (exact) mass is 781 g/mol. The first-order valence-electron chi connectivity index (χ1n) is 14.7. The highest BCUT2D eigenvalue weighted by atomic mass is 32.2. The van der Waals surface area contributed by atoms with Crippen LogP contribution in [0.5, 0.6) is 0 Å². The average molecular weight is 782 g/mol. The molecule has 8 N–H and O–H groups in total. The molecule has 3 saturated heterocycles. The van der Waals surface area contributed by atoms with E-state index in [0.717, 1.165) is 33.5 Å². The summed E-state index contributed by atoms with van der Waals surface area (Å²) in [6.45, 7) is -0.430. The van der Waals surface area contributed by atoms with E-state index in [1.54, 1.807) is 0 Å². The fourth-order valence-corrected chi connectivity index (χ4v) is 8.35.